The van der Waals surface area contributed by atoms with E-state index in [0.717, 1.165) is 50.8 Å². The Morgan fingerprint density at radius 3 is 3.10 bits per heavy atom. The molecule has 3 rings (SSSR count). The fourth-order valence-electron chi connectivity index (χ4n) is 3.19. The molecule has 0 bridgehead atoms. The summed E-state index contributed by atoms with van der Waals surface area (Å²) in [6.45, 7) is 8.41. The van der Waals surface area contributed by atoms with Crippen LogP contribution in [-0.2, 0) is 6.54 Å². The van der Waals surface area contributed by atoms with Crippen LogP contribution in [0.2, 0.25) is 0 Å². The summed E-state index contributed by atoms with van der Waals surface area (Å²) < 4.78 is 5.87. The summed E-state index contributed by atoms with van der Waals surface area (Å²) in [5, 5.41) is 3.42. The van der Waals surface area contributed by atoms with Crippen LogP contribution in [0.5, 0.6) is 5.75 Å². The van der Waals surface area contributed by atoms with Crippen molar-refractivity contribution in [3.8, 4) is 5.75 Å². The normalized spacial score (nSPS) is 23.8. The van der Waals surface area contributed by atoms with Gasteiger partial charge in [-0.1, -0.05) is 19.1 Å². The Kier molecular flexibility index (Phi) is 4.13. The molecule has 4 nitrogen and oxygen atoms in total. The van der Waals surface area contributed by atoms with Crippen LogP contribution in [0.15, 0.2) is 18.2 Å². The molecule has 0 radical (unpaired) electrons. The second-order valence-corrected chi connectivity index (χ2v) is 5.85. The Morgan fingerprint density at radius 2 is 2.25 bits per heavy atom. The van der Waals surface area contributed by atoms with Gasteiger partial charge in [0.15, 0.2) is 0 Å². The molecule has 0 aromatic heterocycles. The lowest BCUT2D eigenvalue weighted by atomic mass is 10.1. The van der Waals surface area contributed by atoms with Gasteiger partial charge in [0, 0.05) is 44.3 Å². The predicted molar refractivity (Wildman–Crippen MR) is 82.4 cm³/mol. The maximum Gasteiger partial charge on any atom is 0.146 e. The fraction of sp³-hybridized carbons (Fsp3) is 0.625. The number of hydrogen-bond acceptors (Lipinski definition) is 4. The molecule has 2 heterocycles. The van der Waals surface area contributed by atoms with E-state index in [0.29, 0.717) is 6.04 Å². The average Bonchev–Trinajstić information content (AvgIpc) is 2.49. The molecule has 1 fully saturated rings. The molecular formula is C16H25N3O. The Bertz CT molecular complexity index is 463. The average molecular weight is 275 g/mol. The van der Waals surface area contributed by atoms with Crippen molar-refractivity contribution in [2.24, 2.45) is 0 Å². The zero-order valence-electron chi connectivity index (χ0n) is 12.6. The molecule has 1 atom stereocenters. The van der Waals surface area contributed by atoms with Gasteiger partial charge in [0.2, 0.25) is 0 Å². The summed E-state index contributed by atoms with van der Waals surface area (Å²) in [6, 6.07) is 7.12. The SMILES string of the molecule is CCC1CN(Cc2cccc3c2OCCN3)CCN1C. The molecule has 110 valence electrons. The zero-order chi connectivity index (χ0) is 13.9. The largest absolute Gasteiger partial charge is 0.489 e. The number of rotatable bonds is 3. The van der Waals surface area contributed by atoms with Gasteiger partial charge in [0.25, 0.3) is 0 Å². The Morgan fingerprint density at radius 1 is 1.35 bits per heavy atom. The number of nitrogens with zero attached hydrogens (tertiary/aromatic N) is 2. The van der Waals surface area contributed by atoms with E-state index in [1.807, 2.05) is 0 Å². The molecule has 4 heteroatoms. The summed E-state index contributed by atoms with van der Waals surface area (Å²) in [5.74, 6) is 1.06. The van der Waals surface area contributed by atoms with Crippen LogP contribution >= 0.6 is 0 Å². The molecule has 0 amide bonds. The topological polar surface area (TPSA) is 27.7 Å². The highest BCUT2D eigenvalue weighted by molar-refractivity contribution is 5.61. The number of likely N-dealkylation sites (N-methyl/N-ethyl adjacent to an activating group) is 1. The number of hydrogen-bond donors (Lipinski definition) is 1. The smallest absolute Gasteiger partial charge is 0.146 e. The summed E-state index contributed by atoms with van der Waals surface area (Å²) in [4.78, 5) is 5.04. The standard InChI is InChI=1S/C16H25N3O/c1-3-14-12-19(9-8-18(14)2)11-13-5-4-6-15-16(13)20-10-7-17-15/h4-6,14,17H,3,7-12H2,1-2H3. The number of benzene rings is 1. The fourth-order valence-corrected chi connectivity index (χ4v) is 3.19. The Labute approximate surface area is 121 Å². The maximum absolute atomic E-state index is 5.87. The number of ether oxygens (including phenoxy) is 1. The van der Waals surface area contributed by atoms with E-state index in [2.05, 4.69) is 47.3 Å². The van der Waals surface area contributed by atoms with Crippen LogP contribution in [-0.4, -0.2) is 55.7 Å². The number of piperazine rings is 1. The van der Waals surface area contributed by atoms with Gasteiger partial charge in [-0.3, -0.25) is 4.90 Å². The lowest BCUT2D eigenvalue weighted by Crippen LogP contribution is -2.50. The van der Waals surface area contributed by atoms with Crippen molar-refractivity contribution in [3.05, 3.63) is 23.8 Å². The van der Waals surface area contributed by atoms with Gasteiger partial charge >= 0.3 is 0 Å². The number of para-hydroxylation sites is 1. The third-order valence-corrected chi connectivity index (χ3v) is 4.49. The molecule has 1 unspecified atom stereocenters. The molecule has 1 saturated heterocycles. The maximum atomic E-state index is 5.87. The first-order chi connectivity index (χ1) is 9.78. The van der Waals surface area contributed by atoms with Crippen molar-refractivity contribution in [1.29, 1.82) is 0 Å². The molecule has 2 aliphatic heterocycles. The van der Waals surface area contributed by atoms with Crippen molar-refractivity contribution in [2.75, 3.05) is 45.2 Å². The van der Waals surface area contributed by atoms with E-state index in [-0.39, 0.29) is 0 Å². The van der Waals surface area contributed by atoms with Crippen molar-refractivity contribution in [2.45, 2.75) is 25.9 Å². The first kappa shape index (κ1) is 13.7. The van der Waals surface area contributed by atoms with Crippen LogP contribution in [0.25, 0.3) is 0 Å². The molecule has 0 aliphatic carbocycles. The van der Waals surface area contributed by atoms with Gasteiger partial charge in [0.1, 0.15) is 12.4 Å². The highest BCUT2D eigenvalue weighted by Gasteiger charge is 2.24. The lowest BCUT2D eigenvalue weighted by Gasteiger charge is -2.39. The molecule has 1 aromatic carbocycles. The Hall–Kier alpha value is -1.26. The first-order valence-electron chi connectivity index (χ1n) is 7.69. The second kappa shape index (κ2) is 6.02. The van der Waals surface area contributed by atoms with Crippen molar-refractivity contribution >= 4 is 5.69 Å². The second-order valence-electron chi connectivity index (χ2n) is 5.85. The molecule has 2 aliphatic rings. The van der Waals surface area contributed by atoms with Crippen LogP contribution in [0.4, 0.5) is 5.69 Å². The van der Waals surface area contributed by atoms with E-state index in [1.54, 1.807) is 0 Å². The van der Waals surface area contributed by atoms with E-state index < -0.39 is 0 Å². The number of anilines is 1. The van der Waals surface area contributed by atoms with Gasteiger partial charge in [-0.05, 0) is 19.5 Å². The lowest BCUT2D eigenvalue weighted by molar-refractivity contribution is 0.0876. The zero-order valence-corrected chi connectivity index (χ0v) is 12.6. The molecule has 20 heavy (non-hydrogen) atoms. The minimum atomic E-state index is 0.683. The number of nitrogens with one attached hydrogen (secondary N) is 1. The third kappa shape index (κ3) is 2.76. The van der Waals surface area contributed by atoms with E-state index in [4.69, 9.17) is 4.74 Å². The van der Waals surface area contributed by atoms with Crippen molar-refractivity contribution < 1.29 is 4.74 Å². The van der Waals surface area contributed by atoms with Crippen LogP contribution in [0.3, 0.4) is 0 Å². The molecule has 1 N–H and O–H groups in total. The summed E-state index contributed by atoms with van der Waals surface area (Å²) in [5.41, 5.74) is 2.46. The van der Waals surface area contributed by atoms with E-state index >= 15 is 0 Å². The molecule has 0 spiro atoms. The summed E-state index contributed by atoms with van der Waals surface area (Å²) in [6.07, 6.45) is 1.22. The quantitative estimate of drug-likeness (QED) is 0.913. The van der Waals surface area contributed by atoms with Crippen LogP contribution in [0, 0.1) is 0 Å². The highest BCUT2D eigenvalue weighted by Crippen LogP contribution is 2.32. The number of fused-ring (bicyclic) bond motifs is 1. The predicted octanol–water partition coefficient (Wildman–Crippen LogP) is 2.02. The minimum absolute atomic E-state index is 0.683. The third-order valence-electron chi connectivity index (χ3n) is 4.49. The highest BCUT2D eigenvalue weighted by atomic mass is 16.5. The summed E-state index contributed by atoms with van der Waals surface area (Å²) >= 11 is 0. The minimum Gasteiger partial charge on any atom is -0.489 e. The molecular weight excluding hydrogens is 250 g/mol. The van der Waals surface area contributed by atoms with Gasteiger partial charge < -0.3 is 15.0 Å². The van der Waals surface area contributed by atoms with Gasteiger partial charge in [-0.2, -0.15) is 0 Å². The van der Waals surface area contributed by atoms with Crippen molar-refractivity contribution in [1.82, 2.24) is 9.80 Å². The summed E-state index contributed by atoms with van der Waals surface area (Å²) in [7, 11) is 2.24. The van der Waals surface area contributed by atoms with Gasteiger partial charge in [-0.15, -0.1) is 0 Å². The first-order valence-corrected chi connectivity index (χ1v) is 7.69. The van der Waals surface area contributed by atoms with Gasteiger partial charge in [0.05, 0.1) is 5.69 Å². The van der Waals surface area contributed by atoms with Crippen LogP contribution < -0.4 is 10.1 Å². The van der Waals surface area contributed by atoms with Crippen molar-refractivity contribution in [3.63, 3.8) is 0 Å². The van der Waals surface area contributed by atoms with Gasteiger partial charge in [-0.25, -0.2) is 0 Å². The Balaban J connectivity index is 1.72. The monoisotopic (exact) mass is 275 g/mol. The van der Waals surface area contributed by atoms with E-state index in [1.165, 1.54) is 12.0 Å². The molecule has 1 aromatic rings. The van der Waals surface area contributed by atoms with Crippen LogP contribution in [0.1, 0.15) is 18.9 Å². The molecule has 0 saturated carbocycles. The van der Waals surface area contributed by atoms with E-state index in [9.17, 15) is 0 Å².